The highest BCUT2D eigenvalue weighted by molar-refractivity contribution is 6.57. The third-order valence-electron chi connectivity index (χ3n) is 5.91. The number of piperazine rings is 1. The molecule has 1 aliphatic rings. The zero-order valence-electron chi connectivity index (χ0n) is 18.8. The molecular weight excluding hydrogens is 352 g/mol. The van der Waals surface area contributed by atoms with Crippen LogP contribution in [0.4, 0.5) is 0 Å². The molecule has 0 N–H and O–H groups in total. The first kappa shape index (κ1) is 24.6. The lowest BCUT2D eigenvalue weighted by Crippen LogP contribution is -2.58. The van der Waals surface area contributed by atoms with Crippen LogP contribution in [0.3, 0.4) is 0 Å². The molecule has 0 aromatic carbocycles. The lowest BCUT2D eigenvalue weighted by Gasteiger charge is -2.43. The number of esters is 1. The largest absolute Gasteiger partial charge is 0.466 e. The van der Waals surface area contributed by atoms with E-state index in [1.807, 2.05) is 13.8 Å². The molecule has 5 heteroatoms. The minimum absolute atomic E-state index is 0.0151. The molecule has 4 nitrogen and oxygen atoms in total. The van der Waals surface area contributed by atoms with Crippen LogP contribution in [0.15, 0.2) is 0 Å². The second-order valence-electron chi connectivity index (χ2n) is 8.73. The fourth-order valence-corrected chi connectivity index (χ4v) is 6.04. The molecule has 2 unspecified atom stereocenters. The molecule has 27 heavy (non-hydrogen) atoms. The van der Waals surface area contributed by atoms with Crippen LogP contribution in [0.2, 0.25) is 13.1 Å². The average Bonchev–Trinajstić information content (AvgIpc) is 2.64. The first-order valence-electron chi connectivity index (χ1n) is 11.6. The summed E-state index contributed by atoms with van der Waals surface area (Å²) in [5, 5.41) is 0. The van der Waals surface area contributed by atoms with Crippen molar-refractivity contribution in [2.24, 2.45) is 5.92 Å². The first-order valence-corrected chi connectivity index (χ1v) is 14.6. The van der Waals surface area contributed by atoms with E-state index in [-0.39, 0.29) is 11.9 Å². The van der Waals surface area contributed by atoms with E-state index in [0.717, 1.165) is 25.3 Å². The van der Waals surface area contributed by atoms with Crippen molar-refractivity contribution in [1.82, 2.24) is 9.80 Å². The first-order chi connectivity index (χ1) is 13.0. The van der Waals surface area contributed by atoms with Gasteiger partial charge < -0.3 is 9.64 Å². The second-order valence-corrected chi connectivity index (χ2v) is 12.0. The van der Waals surface area contributed by atoms with Gasteiger partial charge in [0.2, 0.25) is 0 Å². The summed E-state index contributed by atoms with van der Waals surface area (Å²) < 4.78 is 5.18. The molecule has 0 radical (unpaired) electrons. The van der Waals surface area contributed by atoms with Crippen molar-refractivity contribution in [3.05, 3.63) is 0 Å². The minimum Gasteiger partial charge on any atom is -0.466 e. The van der Waals surface area contributed by atoms with Crippen molar-refractivity contribution in [2.75, 3.05) is 39.3 Å². The van der Waals surface area contributed by atoms with E-state index in [1.165, 1.54) is 64.5 Å². The van der Waals surface area contributed by atoms with E-state index >= 15 is 0 Å². The standard InChI is InChI=1S/C22H46N2O2Si/c1-6-8-9-10-11-12-13-14-15-24-17-16-23(19-21(24)27(4)5)18-20(3)22(25)26-7-2/h20-21,27H,6-19H2,1-5H3. The Morgan fingerprint density at radius 3 is 2.26 bits per heavy atom. The molecule has 2 atom stereocenters. The van der Waals surface area contributed by atoms with E-state index < -0.39 is 8.80 Å². The molecule has 0 aromatic rings. The Morgan fingerprint density at radius 2 is 1.67 bits per heavy atom. The number of hydrogen-bond donors (Lipinski definition) is 0. The van der Waals surface area contributed by atoms with Gasteiger partial charge >= 0.3 is 5.97 Å². The molecule has 0 aromatic heterocycles. The fraction of sp³-hybridized carbons (Fsp3) is 0.955. The molecule has 1 saturated heterocycles. The molecular formula is C22H46N2O2Si. The van der Waals surface area contributed by atoms with Crippen LogP contribution in [-0.4, -0.2) is 69.6 Å². The van der Waals surface area contributed by atoms with E-state index in [9.17, 15) is 4.79 Å². The summed E-state index contributed by atoms with van der Waals surface area (Å²) in [6.07, 6.45) is 11.1. The number of carbonyl (C=O) groups excluding carboxylic acids is 1. The normalized spacial score (nSPS) is 20.1. The van der Waals surface area contributed by atoms with Crippen molar-refractivity contribution in [3.63, 3.8) is 0 Å². The van der Waals surface area contributed by atoms with E-state index in [2.05, 4.69) is 29.8 Å². The molecule has 0 amide bonds. The SMILES string of the molecule is CCCCCCCCCCN1CCN(CC(C)C(=O)OCC)CC1[SiH](C)C. The highest BCUT2D eigenvalue weighted by Crippen LogP contribution is 2.17. The third kappa shape index (κ3) is 10.1. The molecule has 160 valence electrons. The van der Waals surface area contributed by atoms with Gasteiger partial charge in [0.1, 0.15) is 0 Å². The predicted octanol–water partition coefficient (Wildman–Crippen LogP) is 4.34. The van der Waals surface area contributed by atoms with Gasteiger partial charge in [-0.1, -0.05) is 71.9 Å². The van der Waals surface area contributed by atoms with E-state index in [0.29, 0.717) is 6.61 Å². The van der Waals surface area contributed by atoms with Crippen LogP contribution in [0.25, 0.3) is 0 Å². The summed E-state index contributed by atoms with van der Waals surface area (Å²) in [6.45, 7) is 17.1. The molecule has 1 heterocycles. The zero-order valence-corrected chi connectivity index (χ0v) is 20.0. The van der Waals surface area contributed by atoms with Crippen LogP contribution in [0.5, 0.6) is 0 Å². The van der Waals surface area contributed by atoms with Gasteiger partial charge in [-0.25, -0.2) is 0 Å². The lowest BCUT2D eigenvalue weighted by atomic mass is 10.1. The number of hydrogen-bond acceptors (Lipinski definition) is 4. The predicted molar refractivity (Wildman–Crippen MR) is 119 cm³/mol. The van der Waals surface area contributed by atoms with Crippen molar-refractivity contribution in [1.29, 1.82) is 0 Å². The number of carbonyl (C=O) groups is 1. The van der Waals surface area contributed by atoms with Gasteiger partial charge in [-0.15, -0.1) is 0 Å². The molecule has 0 spiro atoms. The summed E-state index contributed by atoms with van der Waals surface area (Å²) in [5.74, 6) is -0.0594. The Labute approximate surface area is 170 Å². The van der Waals surface area contributed by atoms with Crippen molar-refractivity contribution < 1.29 is 9.53 Å². The molecule has 1 rings (SSSR count). The Balaban J connectivity index is 2.30. The number of rotatable bonds is 14. The Bertz CT molecular complexity index is 393. The van der Waals surface area contributed by atoms with Crippen molar-refractivity contribution in [2.45, 2.75) is 90.9 Å². The van der Waals surface area contributed by atoms with Gasteiger partial charge in [0.25, 0.3) is 0 Å². The van der Waals surface area contributed by atoms with Gasteiger partial charge in [0.05, 0.1) is 21.3 Å². The third-order valence-corrected chi connectivity index (χ3v) is 8.08. The molecule has 1 fully saturated rings. The number of unbranched alkanes of at least 4 members (excludes halogenated alkanes) is 7. The highest BCUT2D eigenvalue weighted by Gasteiger charge is 2.30. The van der Waals surface area contributed by atoms with E-state index in [1.54, 1.807) is 0 Å². The van der Waals surface area contributed by atoms with Crippen LogP contribution in [-0.2, 0) is 9.53 Å². The van der Waals surface area contributed by atoms with Crippen LogP contribution in [0.1, 0.15) is 72.1 Å². The van der Waals surface area contributed by atoms with Gasteiger partial charge in [-0.3, -0.25) is 9.69 Å². The fourth-order valence-electron chi connectivity index (χ4n) is 4.18. The maximum atomic E-state index is 11.9. The highest BCUT2D eigenvalue weighted by atomic mass is 28.3. The number of ether oxygens (including phenoxy) is 1. The van der Waals surface area contributed by atoms with Crippen molar-refractivity contribution >= 4 is 14.8 Å². The monoisotopic (exact) mass is 398 g/mol. The second kappa shape index (κ2) is 14.6. The summed E-state index contributed by atoms with van der Waals surface area (Å²) in [7, 11) is -0.741. The minimum atomic E-state index is -0.741. The van der Waals surface area contributed by atoms with Crippen LogP contribution in [0, 0.1) is 5.92 Å². The summed E-state index contributed by atoms with van der Waals surface area (Å²) >= 11 is 0. The summed E-state index contributed by atoms with van der Waals surface area (Å²) in [4.78, 5) is 17.2. The average molecular weight is 399 g/mol. The smallest absolute Gasteiger partial charge is 0.309 e. The Morgan fingerprint density at radius 1 is 1.04 bits per heavy atom. The van der Waals surface area contributed by atoms with E-state index in [4.69, 9.17) is 4.74 Å². The maximum Gasteiger partial charge on any atom is 0.309 e. The summed E-state index contributed by atoms with van der Waals surface area (Å²) in [6, 6.07) is 0. The Hall–Kier alpha value is -0.393. The quantitative estimate of drug-likeness (QED) is 0.248. The van der Waals surface area contributed by atoms with Crippen LogP contribution < -0.4 is 0 Å². The maximum absolute atomic E-state index is 11.9. The lowest BCUT2D eigenvalue weighted by molar-refractivity contribution is -0.148. The Kier molecular flexibility index (Phi) is 13.3. The topological polar surface area (TPSA) is 32.8 Å². The van der Waals surface area contributed by atoms with Crippen LogP contribution >= 0.6 is 0 Å². The van der Waals surface area contributed by atoms with Gasteiger partial charge in [0.15, 0.2) is 0 Å². The summed E-state index contributed by atoms with van der Waals surface area (Å²) in [5.41, 5.74) is 0.748. The van der Waals surface area contributed by atoms with Gasteiger partial charge in [-0.2, -0.15) is 0 Å². The molecule has 1 aliphatic heterocycles. The number of nitrogens with zero attached hydrogens (tertiary/aromatic N) is 2. The van der Waals surface area contributed by atoms with Gasteiger partial charge in [-0.05, 0) is 19.9 Å². The zero-order chi connectivity index (χ0) is 20.1. The molecule has 0 bridgehead atoms. The molecule has 0 saturated carbocycles. The molecule has 0 aliphatic carbocycles. The van der Waals surface area contributed by atoms with Gasteiger partial charge in [0, 0.05) is 31.8 Å². The van der Waals surface area contributed by atoms with Crippen molar-refractivity contribution in [3.8, 4) is 0 Å².